The van der Waals surface area contributed by atoms with Crippen LogP contribution in [0.1, 0.15) is 25.2 Å². The lowest BCUT2D eigenvalue weighted by molar-refractivity contribution is 0.159. The van der Waals surface area contributed by atoms with Crippen molar-refractivity contribution in [1.82, 2.24) is 19.4 Å². The average molecular weight is 293 g/mol. The van der Waals surface area contributed by atoms with Gasteiger partial charge in [0, 0.05) is 31.1 Å². The van der Waals surface area contributed by atoms with Gasteiger partial charge >= 0.3 is 0 Å². The van der Waals surface area contributed by atoms with Gasteiger partial charge in [-0.1, -0.05) is 6.92 Å². The molecule has 0 radical (unpaired) electrons. The van der Waals surface area contributed by atoms with E-state index in [1.165, 1.54) is 0 Å². The minimum atomic E-state index is 0.476. The van der Waals surface area contributed by atoms with E-state index in [9.17, 15) is 0 Å². The third-order valence-electron chi connectivity index (χ3n) is 4.23. The summed E-state index contributed by atoms with van der Waals surface area (Å²) in [5.74, 6) is 2.28. The van der Waals surface area contributed by atoms with Crippen molar-refractivity contribution in [1.29, 1.82) is 0 Å². The summed E-state index contributed by atoms with van der Waals surface area (Å²) in [6, 6.07) is 4.46. The van der Waals surface area contributed by atoms with Gasteiger partial charge in [-0.25, -0.2) is 9.97 Å². The molecule has 0 aliphatic carbocycles. The van der Waals surface area contributed by atoms with Crippen molar-refractivity contribution in [2.75, 3.05) is 26.0 Å². The number of alkyl halides is 1. The van der Waals surface area contributed by atoms with Gasteiger partial charge in [0.2, 0.25) is 0 Å². The Bertz CT molecular complexity index is 595. The van der Waals surface area contributed by atoms with Crippen LogP contribution in [0.5, 0.6) is 0 Å². The molecule has 1 saturated heterocycles. The average Bonchev–Trinajstić information content (AvgIpc) is 2.78. The predicted molar refractivity (Wildman–Crippen MR) is 82.3 cm³/mol. The third kappa shape index (κ3) is 2.42. The van der Waals surface area contributed by atoms with E-state index in [0.29, 0.717) is 17.8 Å². The van der Waals surface area contributed by atoms with E-state index in [1.807, 2.05) is 18.3 Å². The maximum absolute atomic E-state index is 5.95. The Balaban J connectivity index is 2.06. The fourth-order valence-corrected chi connectivity index (χ4v) is 3.48. The lowest BCUT2D eigenvalue weighted by Crippen LogP contribution is -2.38. The highest BCUT2D eigenvalue weighted by Gasteiger charge is 2.29. The van der Waals surface area contributed by atoms with Crippen LogP contribution in [0.2, 0.25) is 0 Å². The summed E-state index contributed by atoms with van der Waals surface area (Å²) >= 11 is 5.95. The highest BCUT2D eigenvalue weighted by molar-refractivity contribution is 6.17. The highest BCUT2D eigenvalue weighted by Crippen LogP contribution is 2.31. The van der Waals surface area contributed by atoms with Gasteiger partial charge in [0.25, 0.3) is 0 Å². The molecule has 0 bridgehead atoms. The van der Waals surface area contributed by atoms with Gasteiger partial charge in [-0.05, 0) is 38.1 Å². The van der Waals surface area contributed by atoms with E-state index < -0.39 is 0 Å². The van der Waals surface area contributed by atoms with Crippen LogP contribution in [0.25, 0.3) is 11.2 Å². The molecule has 0 spiro atoms. The van der Waals surface area contributed by atoms with Gasteiger partial charge in [-0.3, -0.25) is 0 Å². The Hall–Kier alpha value is -1.13. The molecule has 4 nitrogen and oxygen atoms in total. The summed E-state index contributed by atoms with van der Waals surface area (Å²) in [5, 5.41) is 0. The molecule has 2 atom stereocenters. The van der Waals surface area contributed by atoms with E-state index in [0.717, 1.165) is 42.9 Å². The topological polar surface area (TPSA) is 34.0 Å². The molecule has 2 aromatic rings. The van der Waals surface area contributed by atoms with Crippen molar-refractivity contribution in [3.8, 4) is 0 Å². The number of aromatic nitrogens is 3. The number of pyridine rings is 1. The molecule has 0 saturated carbocycles. The van der Waals surface area contributed by atoms with Crippen molar-refractivity contribution in [3.05, 3.63) is 24.2 Å². The zero-order chi connectivity index (χ0) is 14.1. The Labute approximate surface area is 124 Å². The largest absolute Gasteiger partial charge is 0.309 e. The number of aryl methyl sites for hydroxylation is 1. The van der Waals surface area contributed by atoms with Crippen LogP contribution in [0.4, 0.5) is 0 Å². The van der Waals surface area contributed by atoms with Crippen molar-refractivity contribution in [2.45, 2.75) is 25.8 Å². The molecule has 1 aliphatic heterocycles. The van der Waals surface area contributed by atoms with Crippen LogP contribution in [0.15, 0.2) is 18.3 Å². The number of rotatable bonds is 3. The van der Waals surface area contributed by atoms with Crippen molar-refractivity contribution in [3.63, 3.8) is 0 Å². The molecule has 5 heteroatoms. The Kier molecular flexibility index (Phi) is 3.94. The van der Waals surface area contributed by atoms with Crippen molar-refractivity contribution in [2.24, 2.45) is 5.92 Å². The van der Waals surface area contributed by atoms with Crippen molar-refractivity contribution >= 4 is 22.8 Å². The van der Waals surface area contributed by atoms with E-state index in [2.05, 4.69) is 28.4 Å². The molecule has 0 N–H and O–H groups in total. The number of fused-ring (bicyclic) bond motifs is 1. The van der Waals surface area contributed by atoms with Gasteiger partial charge in [0.15, 0.2) is 5.65 Å². The standard InChI is InChI=1S/C15H21ClN4/c1-11-10-19(2)9-6-13(11)20-14(5-7-16)18-12-4-3-8-17-15(12)20/h3-4,8,11,13H,5-7,9-10H2,1-2H3. The van der Waals surface area contributed by atoms with Gasteiger partial charge in [0.05, 0.1) is 0 Å². The summed E-state index contributed by atoms with van der Waals surface area (Å²) in [6.45, 7) is 4.57. The Morgan fingerprint density at radius 3 is 3.05 bits per heavy atom. The highest BCUT2D eigenvalue weighted by atomic mass is 35.5. The summed E-state index contributed by atoms with van der Waals surface area (Å²) < 4.78 is 2.34. The van der Waals surface area contributed by atoms with Gasteiger partial charge in [-0.15, -0.1) is 11.6 Å². The Morgan fingerprint density at radius 2 is 2.30 bits per heavy atom. The summed E-state index contributed by atoms with van der Waals surface area (Å²) in [6.07, 6.45) is 3.80. The number of hydrogen-bond acceptors (Lipinski definition) is 3. The van der Waals surface area contributed by atoms with Crippen LogP contribution in [0, 0.1) is 5.92 Å². The molecule has 3 heterocycles. The van der Waals surface area contributed by atoms with Crippen LogP contribution >= 0.6 is 11.6 Å². The molecule has 2 unspecified atom stereocenters. The number of nitrogens with zero attached hydrogens (tertiary/aromatic N) is 4. The molecule has 0 aromatic carbocycles. The van der Waals surface area contributed by atoms with Crippen LogP contribution in [-0.2, 0) is 6.42 Å². The molecule has 1 fully saturated rings. The number of halogens is 1. The maximum Gasteiger partial charge on any atom is 0.160 e. The first-order valence-electron chi connectivity index (χ1n) is 7.27. The van der Waals surface area contributed by atoms with Crippen LogP contribution in [0.3, 0.4) is 0 Å². The SMILES string of the molecule is CC1CN(C)CCC1n1c(CCCl)nc2cccnc21. The molecular formula is C15H21ClN4. The minimum absolute atomic E-state index is 0.476. The first-order valence-corrected chi connectivity index (χ1v) is 7.80. The van der Waals surface area contributed by atoms with Crippen LogP contribution in [-0.4, -0.2) is 45.5 Å². The van der Waals surface area contributed by atoms with Gasteiger partial charge < -0.3 is 9.47 Å². The van der Waals surface area contributed by atoms with Crippen LogP contribution < -0.4 is 0 Å². The number of piperidine rings is 1. The second kappa shape index (κ2) is 5.70. The normalized spacial score (nSPS) is 24.4. The quantitative estimate of drug-likeness (QED) is 0.816. The number of likely N-dealkylation sites (tertiary alicyclic amines) is 1. The van der Waals surface area contributed by atoms with Crippen molar-refractivity contribution < 1.29 is 0 Å². The molecule has 3 rings (SSSR count). The van der Waals surface area contributed by atoms with E-state index in [1.54, 1.807) is 0 Å². The summed E-state index contributed by atoms with van der Waals surface area (Å²) in [5.41, 5.74) is 1.99. The van der Waals surface area contributed by atoms with E-state index in [4.69, 9.17) is 16.6 Å². The molecule has 0 amide bonds. The maximum atomic E-state index is 5.95. The smallest absolute Gasteiger partial charge is 0.160 e. The zero-order valence-corrected chi connectivity index (χ0v) is 12.8. The lowest BCUT2D eigenvalue weighted by Gasteiger charge is -2.36. The van der Waals surface area contributed by atoms with Gasteiger partial charge in [0.1, 0.15) is 11.3 Å². The molecule has 1 aliphatic rings. The fraction of sp³-hybridized carbons (Fsp3) is 0.600. The summed E-state index contributed by atoms with van der Waals surface area (Å²) in [7, 11) is 2.19. The first-order chi connectivity index (χ1) is 9.70. The van der Waals surface area contributed by atoms with Gasteiger partial charge in [-0.2, -0.15) is 0 Å². The second-order valence-corrected chi connectivity index (χ2v) is 6.16. The summed E-state index contributed by atoms with van der Waals surface area (Å²) in [4.78, 5) is 11.7. The van der Waals surface area contributed by atoms with E-state index >= 15 is 0 Å². The monoisotopic (exact) mass is 292 g/mol. The van der Waals surface area contributed by atoms with E-state index in [-0.39, 0.29) is 0 Å². The zero-order valence-electron chi connectivity index (χ0n) is 12.1. The first kappa shape index (κ1) is 13.8. The third-order valence-corrected chi connectivity index (χ3v) is 4.42. The Morgan fingerprint density at radius 1 is 1.45 bits per heavy atom. The number of hydrogen-bond donors (Lipinski definition) is 0. The predicted octanol–water partition coefficient (Wildman–Crippen LogP) is 2.73. The minimum Gasteiger partial charge on any atom is -0.309 e. The number of imidazole rings is 1. The lowest BCUT2D eigenvalue weighted by atomic mass is 9.93. The fourth-order valence-electron chi connectivity index (χ4n) is 3.31. The molecule has 20 heavy (non-hydrogen) atoms. The molecule has 108 valence electrons. The molecular weight excluding hydrogens is 272 g/mol. The second-order valence-electron chi connectivity index (χ2n) is 5.78. The molecule has 2 aromatic heterocycles.